The van der Waals surface area contributed by atoms with E-state index in [1.807, 2.05) is 0 Å². The zero-order valence-corrected chi connectivity index (χ0v) is 7.69. The van der Waals surface area contributed by atoms with Crippen LogP contribution in [0.1, 0.15) is 10.4 Å². The molecule has 0 saturated heterocycles. The van der Waals surface area contributed by atoms with Gasteiger partial charge < -0.3 is 10.8 Å². The van der Waals surface area contributed by atoms with Crippen LogP contribution in [0.15, 0.2) is 18.3 Å². The van der Waals surface area contributed by atoms with Gasteiger partial charge in [-0.05, 0) is 12.1 Å². The number of halogens is 1. The lowest BCUT2D eigenvalue weighted by Crippen LogP contribution is -1.98. The van der Waals surface area contributed by atoms with Crippen molar-refractivity contribution < 1.29 is 9.90 Å². The SMILES string of the molecule is Nc1nc(Cl)c2cc(C(=O)O)ccn12. The largest absolute Gasteiger partial charge is 0.478 e. The number of carbonyl (C=O) groups is 1. The van der Waals surface area contributed by atoms with Gasteiger partial charge in [0.2, 0.25) is 5.95 Å². The summed E-state index contributed by atoms with van der Waals surface area (Å²) >= 11 is 5.75. The highest BCUT2D eigenvalue weighted by Gasteiger charge is 2.09. The average Bonchev–Trinajstić information content (AvgIpc) is 2.42. The number of imidazole rings is 1. The van der Waals surface area contributed by atoms with Gasteiger partial charge in [-0.25, -0.2) is 9.78 Å². The van der Waals surface area contributed by atoms with Crippen molar-refractivity contribution in [1.82, 2.24) is 9.38 Å². The van der Waals surface area contributed by atoms with Crippen molar-refractivity contribution in [2.24, 2.45) is 0 Å². The Bertz CT molecular complexity index is 521. The van der Waals surface area contributed by atoms with Crippen molar-refractivity contribution in [3.63, 3.8) is 0 Å². The molecule has 0 spiro atoms. The van der Waals surface area contributed by atoms with Gasteiger partial charge in [-0.15, -0.1) is 0 Å². The van der Waals surface area contributed by atoms with E-state index in [2.05, 4.69) is 4.98 Å². The Morgan fingerprint density at radius 3 is 3.00 bits per heavy atom. The Balaban J connectivity index is 2.77. The molecule has 72 valence electrons. The molecule has 0 unspecified atom stereocenters. The van der Waals surface area contributed by atoms with Crippen LogP contribution in [0.25, 0.3) is 5.52 Å². The molecule has 0 aliphatic rings. The Morgan fingerprint density at radius 2 is 2.36 bits per heavy atom. The van der Waals surface area contributed by atoms with Gasteiger partial charge in [-0.3, -0.25) is 4.40 Å². The predicted molar refractivity (Wildman–Crippen MR) is 51.6 cm³/mol. The lowest BCUT2D eigenvalue weighted by Gasteiger charge is -1.97. The standard InChI is InChI=1S/C8H6ClN3O2/c9-6-5-3-4(7(13)14)1-2-12(5)8(10)11-6/h1-3H,(H2,10,11)(H,13,14). The highest BCUT2D eigenvalue weighted by Crippen LogP contribution is 2.20. The molecule has 2 aromatic heterocycles. The van der Waals surface area contributed by atoms with Gasteiger partial charge in [-0.1, -0.05) is 11.6 Å². The molecule has 3 N–H and O–H groups in total. The average molecular weight is 212 g/mol. The number of fused-ring (bicyclic) bond motifs is 1. The smallest absolute Gasteiger partial charge is 0.335 e. The number of carboxylic acids is 1. The molecule has 0 amide bonds. The number of nitrogens with two attached hydrogens (primary N) is 1. The molecule has 0 atom stereocenters. The third kappa shape index (κ3) is 1.18. The summed E-state index contributed by atoms with van der Waals surface area (Å²) in [5.41, 5.74) is 6.17. The fourth-order valence-electron chi connectivity index (χ4n) is 1.20. The summed E-state index contributed by atoms with van der Waals surface area (Å²) in [5, 5.41) is 8.94. The lowest BCUT2D eigenvalue weighted by molar-refractivity contribution is 0.0697. The summed E-state index contributed by atoms with van der Waals surface area (Å²) in [7, 11) is 0. The lowest BCUT2D eigenvalue weighted by atomic mass is 10.2. The molecule has 2 rings (SSSR count). The first-order valence-electron chi connectivity index (χ1n) is 3.76. The fourth-order valence-corrected chi connectivity index (χ4v) is 1.44. The Morgan fingerprint density at radius 1 is 1.64 bits per heavy atom. The van der Waals surface area contributed by atoms with Crippen molar-refractivity contribution >= 4 is 29.0 Å². The Labute approximate surface area is 83.7 Å². The summed E-state index contributed by atoms with van der Waals surface area (Å²) < 4.78 is 1.52. The summed E-state index contributed by atoms with van der Waals surface area (Å²) in [6, 6.07) is 2.86. The van der Waals surface area contributed by atoms with E-state index in [1.165, 1.54) is 22.7 Å². The molecule has 14 heavy (non-hydrogen) atoms. The zero-order chi connectivity index (χ0) is 10.3. The summed E-state index contributed by atoms with van der Waals surface area (Å²) in [4.78, 5) is 14.5. The maximum absolute atomic E-state index is 10.7. The second-order valence-corrected chi connectivity index (χ2v) is 3.09. The van der Waals surface area contributed by atoms with Gasteiger partial charge in [0.15, 0.2) is 5.15 Å². The number of aromatic nitrogens is 2. The first-order valence-corrected chi connectivity index (χ1v) is 4.14. The van der Waals surface area contributed by atoms with Crippen molar-refractivity contribution in [3.05, 3.63) is 29.0 Å². The van der Waals surface area contributed by atoms with E-state index in [-0.39, 0.29) is 16.7 Å². The van der Waals surface area contributed by atoms with Crippen LogP contribution in [0, 0.1) is 0 Å². The van der Waals surface area contributed by atoms with Crippen LogP contribution in [0.5, 0.6) is 0 Å². The number of hydrogen-bond donors (Lipinski definition) is 2. The number of aromatic carboxylic acids is 1. The molecule has 6 heteroatoms. The van der Waals surface area contributed by atoms with Gasteiger partial charge in [0.25, 0.3) is 0 Å². The Hall–Kier alpha value is -1.75. The molecule has 0 aliphatic carbocycles. The first kappa shape index (κ1) is 8.83. The molecule has 0 aliphatic heterocycles. The van der Waals surface area contributed by atoms with Crippen LogP contribution in [0.2, 0.25) is 5.15 Å². The van der Waals surface area contributed by atoms with Gasteiger partial charge in [0, 0.05) is 6.20 Å². The summed E-state index contributed by atoms with van der Waals surface area (Å²) in [6.45, 7) is 0. The van der Waals surface area contributed by atoms with Gasteiger partial charge in [0.1, 0.15) is 0 Å². The molecule has 0 radical (unpaired) electrons. The Kier molecular flexibility index (Phi) is 1.82. The molecule has 0 saturated carbocycles. The quantitative estimate of drug-likeness (QED) is 0.744. The van der Waals surface area contributed by atoms with Crippen LogP contribution in [0.3, 0.4) is 0 Å². The summed E-state index contributed by atoms with van der Waals surface area (Å²) in [5.74, 6) is -0.773. The highest BCUT2D eigenvalue weighted by molar-refractivity contribution is 6.33. The molecule has 2 aromatic rings. The third-order valence-corrected chi connectivity index (χ3v) is 2.15. The molecule has 5 nitrogen and oxygen atoms in total. The van der Waals surface area contributed by atoms with Crippen LogP contribution >= 0.6 is 11.6 Å². The van der Waals surface area contributed by atoms with Crippen molar-refractivity contribution in [1.29, 1.82) is 0 Å². The van der Waals surface area contributed by atoms with E-state index in [0.29, 0.717) is 5.52 Å². The van der Waals surface area contributed by atoms with Crippen LogP contribution in [0.4, 0.5) is 5.95 Å². The number of nitrogen functional groups attached to an aromatic ring is 1. The van der Waals surface area contributed by atoms with Gasteiger partial charge in [0.05, 0.1) is 11.1 Å². The molecular weight excluding hydrogens is 206 g/mol. The van der Waals surface area contributed by atoms with Crippen molar-refractivity contribution in [2.75, 3.05) is 5.73 Å². The number of pyridine rings is 1. The predicted octanol–water partition coefficient (Wildman–Crippen LogP) is 1.27. The van der Waals surface area contributed by atoms with Crippen molar-refractivity contribution in [3.8, 4) is 0 Å². The molecule has 2 heterocycles. The number of nitrogens with zero attached hydrogens (tertiary/aromatic N) is 2. The minimum atomic E-state index is -1.01. The maximum atomic E-state index is 10.7. The fraction of sp³-hybridized carbons (Fsp3) is 0. The van der Waals surface area contributed by atoms with E-state index >= 15 is 0 Å². The zero-order valence-electron chi connectivity index (χ0n) is 6.94. The number of anilines is 1. The van der Waals surface area contributed by atoms with Crippen LogP contribution in [-0.2, 0) is 0 Å². The highest BCUT2D eigenvalue weighted by atomic mass is 35.5. The minimum absolute atomic E-state index is 0.152. The van der Waals surface area contributed by atoms with E-state index in [9.17, 15) is 4.79 Å². The van der Waals surface area contributed by atoms with E-state index in [1.54, 1.807) is 0 Å². The molecular formula is C8H6ClN3O2. The molecule has 0 aromatic carbocycles. The molecule has 0 fully saturated rings. The summed E-state index contributed by atoms with van der Waals surface area (Å²) in [6.07, 6.45) is 1.52. The molecule has 0 bridgehead atoms. The normalized spacial score (nSPS) is 10.6. The number of hydrogen-bond acceptors (Lipinski definition) is 3. The van der Waals surface area contributed by atoms with Crippen LogP contribution < -0.4 is 5.73 Å². The van der Waals surface area contributed by atoms with Crippen LogP contribution in [-0.4, -0.2) is 20.5 Å². The second-order valence-electron chi connectivity index (χ2n) is 2.74. The van der Waals surface area contributed by atoms with Gasteiger partial charge in [-0.2, -0.15) is 0 Å². The maximum Gasteiger partial charge on any atom is 0.335 e. The monoisotopic (exact) mass is 211 g/mol. The van der Waals surface area contributed by atoms with E-state index in [4.69, 9.17) is 22.4 Å². The van der Waals surface area contributed by atoms with Crippen molar-refractivity contribution in [2.45, 2.75) is 0 Å². The first-order chi connectivity index (χ1) is 6.59. The van der Waals surface area contributed by atoms with Gasteiger partial charge >= 0.3 is 5.97 Å². The van der Waals surface area contributed by atoms with E-state index in [0.717, 1.165) is 0 Å². The second kappa shape index (κ2) is 2.88. The van der Waals surface area contributed by atoms with E-state index < -0.39 is 5.97 Å². The number of carboxylic acid groups (broad SMARTS) is 1. The topological polar surface area (TPSA) is 80.6 Å². The minimum Gasteiger partial charge on any atom is -0.478 e. The third-order valence-electron chi connectivity index (χ3n) is 1.87. The number of rotatable bonds is 1.